The molecule has 0 aromatic carbocycles. The maximum absolute atomic E-state index is 12.0. The molecule has 0 bridgehead atoms. The smallest absolute Gasteiger partial charge is 0.240 e. The van der Waals surface area contributed by atoms with E-state index in [1.165, 1.54) is 4.31 Å². The summed E-state index contributed by atoms with van der Waals surface area (Å²) in [5.74, 6) is -0.0487. The summed E-state index contributed by atoms with van der Waals surface area (Å²) in [5.41, 5.74) is -0.885. The molecule has 0 aromatic heterocycles. The molecule has 1 aliphatic carbocycles. The predicted molar refractivity (Wildman–Crippen MR) is 69.5 cm³/mol. The lowest BCUT2D eigenvalue weighted by molar-refractivity contribution is -0.127. The first-order chi connectivity index (χ1) is 9.00. The van der Waals surface area contributed by atoms with Gasteiger partial charge in [0.05, 0.1) is 11.8 Å². The molecule has 0 unspecified atom stereocenters. The number of sulfonamides is 1. The first-order valence-electron chi connectivity index (χ1n) is 6.68. The SMILES string of the molecule is N#CC1(C(=O)NCCN2CCCS2(=O)=O)CCCC1. The summed E-state index contributed by atoms with van der Waals surface area (Å²) in [5, 5.41) is 11.9. The zero-order chi connectivity index (χ0) is 13.9. The van der Waals surface area contributed by atoms with Crippen molar-refractivity contribution >= 4 is 15.9 Å². The maximum Gasteiger partial charge on any atom is 0.240 e. The fraction of sp³-hybridized carbons (Fsp3) is 0.833. The van der Waals surface area contributed by atoms with Crippen molar-refractivity contribution in [2.45, 2.75) is 32.1 Å². The number of carbonyl (C=O) groups is 1. The van der Waals surface area contributed by atoms with Gasteiger partial charge in [-0.2, -0.15) is 5.26 Å². The van der Waals surface area contributed by atoms with Crippen molar-refractivity contribution in [3.63, 3.8) is 0 Å². The van der Waals surface area contributed by atoms with Gasteiger partial charge < -0.3 is 5.32 Å². The molecule has 2 rings (SSSR count). The van der Waals surface area contributed by atoms with E-state index in [2.05, 4.69) is 11.4 Å². The van der Waals surface area contributed by atoms with Crippen LogP contribution in [0.3, 0.4) is 0 Å². The molecule has 1 N–H and O–H groups in total. The van der Waals surface area contributed by atoms with Crippen molar-refractivity contribution in [3.8, 4) is 6.07 Å². The molecule has 1 amide bonds. The Kier molecular flexibility index (Phi) is 4.11. The number of nitrogens with zero attached hydrogens (tertiary/aromatic N) is 2. The van der Waals surface area contributed by atoms with Crippen molar-refractivity contribution in [1.82, 2.24) is 9.62 Å². The van der Waals surface area contributed by atoms with Gasteiger partial charge in [0.25, 0.3) is 0 Å². The molecule has 1 saturated carbocycles. The minimum absolute atomic E-state index is 0.197. The van der Waals surface area contributed by atoms with Crippen LogP contribution in [0, 0.1) is 16.7 Å². The minimum atomic E-state index is -3.11. The van der Waals surface area contributed by atoms with Gasteiger partial charge >= 0.3 is 0 Å². The minimum Gasteiger partial charge on any atom is -0.353 e. The molecule has 1 heterocycles. The third-order valence-electron chi connectivity index (χ3n) is 3.96. The first-order valence-corrected chi connectivity index (χ1v) is 8.28. The Morgan fingerprint density at radius 2 is 2.00 bits per heavy atom. The molecule has 1 saturated heterocycles. The van der Waals surface area contributed by atoms with Gasteiger partial charge in [-0.25, -0.2) is 12.7 Å². The lowest BCUT2D eigenvalue weighted by atomic mass is 9.87. The Bertz CT molecular complexity index is 489. The highest BCUT2D eigenvalue weighted by Crippen LogP contribution is 2.37. The molecule has 2 fully saturated rings. The summed E-state index contributed by atoms with van der Waals surface area (Å²) in [6, 6.07) is 2.13. The number of amides is 1. The predicted octanol–water partition coefficient (Wildman–Crippen LogP) is 0.222. The molecule has 0 radical (unpaired) electrons. The average Bonchev–Trinajstić information content (AvgIpc) is 2.97. The topological polar surface area (TPSA) is 90.3 Å². The van der Waals surface area contributed by atoms with Crippen molar-refractivity contribution in [3.05, 3.63) is 0 Å². The molecule has 6 nitrogen and oxygen atoms in total. The van der Waals surface area contributed by atoms with E-state index >= 15 is 0 Å². The highest BCUT2D eigenvalue weighted by atomic mass is 32.2. The number of hydrogen-bond donors (Lipinski definition) is 1. The standard InChI is InChI=1S/C12H19N3O3S/c13-10-12(4-1-2-5-12)11(16)14-6-8-15-7-3-9-19(15,17)18/h1-9H2,(H,14,16). The Balaban J connectivity index is 1.83. The molecular formula is C12H19N3O3S. The van der Waals surface area contributed by atoms with Gasteiger partial charge in [-0.3, -0.25) is 4.79 Å². The van der Waals surface area contributed by atoms with Gasteiger partial charge in [-0.1, -0.05) is 12.8 Å². The number of nitrogens with one attached hydrogen (secondary N) is 1. The van der Waals surface area contributed by atoms with E-state index in [9.17, 15) is 13.2 Å². The normalized spacial score (nSPS) is 25.0. The van der Waals surface area contributed by atoms with Gasteiger partial charge in [-0.05, 0) is 19.3 Å². The quantitative estimate of drug-likeness (QED) is 0.800. The Labute approximate surface area is 113 Å². The zero-order valence-electron chi connectivity index (χ0n) is 10.9. The van der Waals surface area contributed by atoms with Gasteiger partial charge in [-0.15, -0.1) is 0 Å². The van der Waals surface area contributed by atoms with E-state index in [1.807, 2.05) is 0 Å². The van der Waals surface area contributed by atoms with E-state index in [4.69, 9.17) is 5.26 Å². The summed E-state index contributed by atoms with van der Waals surface area (Å²) < 4.78 is 24.6. The number of rotatable bonds is 4. The first kappa shape index (κ1) is 14.3. The largest absolute Gasteiger partial charge is 0.353 e. The van der Waals surface area contributed by atoms with Crippen LogP contribution < -0.4 is 5.32 Å². The summed E-state index contributed by atoms with van der Waals surface area (Å²) in [4.78, 5) is 12.0. The van der Waals surface area contributed by atoms with Crippen LogP contribution in [0.2, 0.25) is 0 Å². The summed E-state index contributed by atoms with van der Waals surface area (Å²) in [7, 11) is -3.11. The van der Waals surface area contributed by atoms with E-state index < -0.39 is 15.4 Å². The highest BCUT2D eigenvalue weighted by Gasteiger charge is 2.41. The molecule has 19 heavy (non-hydrogen) atoms. The van der Waals surface area contributed by atoms with Crippen LogP contribution in [0.15, 0.2) is 0 Å². The molecule has 106 valence electrons. The lowest BCUT2D eigenvalue weighted by Crippen LogP contribution is -2.42. The van der Waals surface area contributed by atoms with Gasteiger partial charge in [0.15, 0.2) is 0 Å². The van der Waals surface area contributed by atoms with E-state index in [-0.39, 0.29) is 18.2 Å². The molecule has 1 aliphatic heterocycles. The number of hydrogen-bond acceptors (Lipinski definition) is 4. The number of nitriles is 1. The molecule has 2 aliphatic rings. The van der Waals surface area contributed by atoms with Crippen LogP contribution in [-0.2, 0) is 14.8 Å². The van der Waals surface area contributed by atoms with Gasteiger partial charge in [0, 0.05) is 19.6 Å². The molecule has 0 aromatic rings. The Hall–Kier alpha value is -1.13. The molecule has 7 heteroatoms. The zero-order valence-corrected chi connectivity index (χ0v) is 11.7. The van der Waals surface area contributed by atoms with Crippen LogP contribution in [0.25, 0.3) is 0 Å². The fourth-order valence-corrected chi connectivity index (χ4v) is 4.30. The van der Waals surface area contributed by atoms with Crippen LogP contribution >= 0.6 is 0 Å². The third kappa shape index (κ3) is 2.90. The van der Waals surface area contributed by atoms with E-state index in [0.717, 1.165) is 12.8 Å². The van der Waals surface area contributed by atoms with Crippen LogP contribution in [0.1, 0.15) is 32.1 Å². The van der Waals surface area contributed by atoms with Crippen LogP contribution in [0.4, 0.5) is 0 Å². The van der Waals surface area contributed by atoms with Gasteiger partial charge in [0.2, 0.25) is 15.9 Å². The Morgan fingerprint density at radius 3 is 2.53 bits per heavy atom. The summed E-state index contributed by atoms with van der Waals surface area (Å²) in [6.45, 7) is 1.11. The second-order valence-electron chi connectivity index (χ2n) is 5.23. The second kappa shape index (κ2) is 5.47. The van der Waals surface area contributed by atoms with Crippen molar-refractivity contribution in [1.29, 1.82) is 5.26 Å². The Morgan fingerprint density at radius 1 is 1.32 bits per heavy atom. The highest BCUT2D eigenvalue weighted by molar-refractivity contribution is 7.89. The van der Waals surface area contributed by atoms with E-state index in [0.29, 0.717) is 32.4 Å². The molecular weight excluding hydrogens is 266 g/mol. The lowest BCUT2D eigenvalue weighted by Gasteiger charge is -2.20. The third-order valence-corrected chi connectivity index (χ3v) is 5.91. The van der Waals surface area contributed by atoms with E-state index in [1.54, 1.807) is 0 Å². The molecule has 0 spiro atoms. The van der Waals surface area contributed by atoms with Crippen LogP contribution in [-0.4, -0.2) is 44.0 Å². The van der Waals surface area contributed by atoms with Gasteiger partial charge in [0.1, 0.15) is 5.41 Å². The summed E-state index contributed by atoms with van der Waals surface area (Å²) in [6.07, 6.45) is 3.68. The van der Waals surface area contributed by atoms with Crippen molar-refractivity contribution < 1.29 is 13.2 Å². The average molecular weight is 285 g/mol. The van der Waals surface area contributed by atoms with Crippen LogP contribution in [0.5, 0.6) is 0 Å². The van der Waals surface area contributed by atoms with Crippen molar-refractivity contribution in [2.24, 2.45) is 5.41 Å². The van der Waals surface area contributed by atoms with Crippen molar-refractivity contribution in [2.75, 3.05) is 25.4 Å². The monoisotopic (exact) mass is 285 g/mol. The summed E-state index contributed by atoms with van der Waals surface area (Å²) >= 11 is 0. The fourth-order valence-electron chi connectivity index (χ4n) is 2.77. The molecule has 0 atom stereocenters. The second-order valence-corrected chi connectivity index (χ2v) is 7.31. The number of carbonyl (C=O) groups excluding carboxylic acids is 1. The maximum atomic E-state index is 12.0.